The van der Waals surface area contributed by atoms with Crippen molar-refractivity contribution >= 4 is 0 Å². The second-order valence-electron chi connectivity index (χ2n) is 6.91. The van der Waals surface area contributed by atoms with Gasteiger partial charge in [0.25, 0.3) is 0 Å². The van der Waals surface area contributed by atoms with Crippen molar-refractivity contribution in [1.82, 2.24) is 10.2 Å². The van der Waals surface area contributed by atoms with Crippen molar-refractivity contribution in [3.63, 3.8) is 0 Å². The van der Waals surface area contributed by atoms with Gasteiger partial charge in [0.05, 0.1) is 0 Å². The molecule has 112 valence electrons. The number of likely N-dealkylation sites (tertiary alicyclic amines) is 1. The average molecular weight is 266 g/mol. The summed E-state index contributed by atoms with van der Waals surface area (Å²) in [6.45, 7) is 11.1. The van der Waals surface area contributed by atoms with E-state index in [2.05, 4.69) is 24.1 Å². The molecule has 19 heavy (non-hydrogen) atoms. The molecule has 0 aromatic carbocycles. The minimum atomic E-state index is 0.915. The zero-order valence-electron chi connectivity index (χ0n) is 13.2. The lowest BCUT2D eigenvalue weighted by Crippen LogP contribution is -2.31. The van der Waals surface area contributed by atoms with Crippen LogP contribution in [0.15, 0.2) is 0 Å². The molecular weight excluding hydrogens is 232 g/mol. The highest BCUT2D eigenvalue weighted by Gasteiger charge is 2.26. The topological polar surface area (TPSA) is 15.3 Å². The zero-order valence-corrected chi connectivity index (χ0v) is 13.2. The summed E-state index contributed by atoms with van der Waals surface area (Å²) < 4.78 is 0. The molecule has 1 saturated heterocycles. The van der Waals surface area contributed by atoms with Gasteiger partial charge in [-0.3, -0.25) is 0 Å². The summed E-state index contributed by atoms with van der Waals surface area (Å²) in [5, 5.41) is 3.59. The predicted molar refractivity (Wildman–Crippen MR) is 83.4 cm³/mol. The van der Waals surface area contributed by atoms with Gasteiger partial charge in [0.2, 0.25) is 0 Å². The lowest BCUT2D eigenvalue weighted by molar-refractivity contribution is 0.197. The Bertz CT molecular complexity index is 233. The fourth-order valence-corrected chi connectivity index (χ4v) is 3.92. The first-order valence-corrected chi connectivity index (χ1v) is 8.74. The summed E-state index contributed by atoms with van der Waals surface area (Å²) in [5.74, 6) is 2.96. The van der Waals surface area contributed by atoms with E-state index in [0.717, 1.165) is 17.8 Å². The van der Waals surface area contributed by atoms with Crippen LogP contribution in [-0.2, 0) is 0 Å². The molecule has 1 unspecified atom stereocenters. The molecule has 0 aromatic heterocycles. The Kier molecular flexibility index (Phi) is 6.66. The van der Waals surface area contributed by atoms with Gasteiger partial charge in [-0.15, -0.1) is 0 Å². The van der Waals surface area contributed by atoms with E-state index in [0.29, 0.717) is 0 Å². The molecule has 0 radical (unpaired) electrons. The lowest BCUT2D eigenvalue weighted by Gasteiger charge is -2.30. The maximum Gasteiger partial charge on any atom is 0.00224 e. The largest absolute Gasteiger partial charge is 0.316 e. The van der Waals surface area contributed by atoms with Crippen LogP contribution in [0.1, 0.15) is 58.8 Å². The fourth-order valence-electron chi connectivity index (χ4n) is 3.92. The molecule has 0 aromatic rings. The van der Waals surface area contributed by atoms with Crippen LogP contribution in [0.3, 0.4) is 0 Å². The number of nitrogens with one attached hydrogen (secondary N) is 1. The van der Waals surface area contributed by atoms with Crippen LogP contribution in [0.25, 0.3) is 0 Å². The van der Waals surface area contributed by atoms with Gasteiger partial charge in [-0.1, -0.05) is 33.1 Å². The Morgan fingerprint density at radius 1 is 0.947 bits per heavy atom. The van der Waals surface area contributed by atoms with E-state index in [-0.39, 0.29) is 0 Å². The van der Waals surface area contributed by atoms with Crippen LogP contribution in [-0.4, -0.2) is 37.6 Å². The van der Waals surface area contributed by atoms with Crippen molar-refractivity contribution in [2.75, 3.05) is 32.7 Å². The van der Waals surface area contributed by atoms with E-state index in [1.165, 1.54) is 77.7 Å². The van der Waals surface area contributed by atoms with Gasteiger partial charge < -0.3 is 10.2 Å². The van der Waals surface area contributed by atoms with Gasteiger partial charge in [-0.25, -0.2) is 0 Å². The molecule has 2 heteroatoms. The summed E-state index contributed by atoms with van der Waals surface area (Å²) >= 11 is 0. The highest BCUT2D eigenvalue weighted by molar-refractivity contribution is 4.81. The molecule has 1 aliphatic carbocycles. The smallest absolute Gasteiger partial charge is 0.00224 e. The Morgan fingerprint density at radius 3 is 2.37 bits per heavy atom. The Labute approximate surface area is 120 Å². The van der Waals surface area contributed by atoms with E-state index < -0.39 is 0 Å². The Morgan fingerprint density at radius 2 is 1.68 bits per heavy atom. The SMILES string of the molecule is CCCNCC1CCN(CC2CCC(CC)CC2)C1. The normalized spacial score (nSPS) is 32.8. The standard InChI is InChI=1S/C17H34N2/c1-3-10-18-12-17-9-11-19(14-17)13-16-7-5-15(4-2)6-8-16/h15-18H,3-14H2,1-2H3. The molecule has 0 amide bonds. The molecule has 2 aliphatic rings. The monoisotopic (exact) mass is 266 g/mol. The van der Waals surface area contributed by atoms with Crippen LogP contribution in [0.2, 0.25) is 0 Å². The van der Waals surface area contributed by atoms with Gasteiger partial charge >= 0.3 is 0 Å². The van der Waals surface area contributed by atoms with Gasteiger partial charge in [0.1, 0.15) is 0 Å². The van der Waals surface area contributed by atoms with Crippen molar-refractivity contribution in [3.8, 4) is 0 Å². The first kappa shape index (κ1) is 15.3. The van der Waals surface area contributed by atoms with Crippen LogP contribution in [0.5, 0.6) is 0 Å². The molecule has 2 rings (SSSR count). The van der Waals surface area contributed by atoms with Crippen molar-refractivity contribution in [1.29, 1.82) is 0 Å². The number of hydrogen-bond donors (Lipinski definition) is 1. The van der Waals surface area contributed by atoms with Crippen LogP contribution < -0.4 is 5.32 Å². The maximum atomic E-state index is 3.59. The second-order valence-corrected chi connectivity index (χ2v) is 6.91. The Balaban J connectivity index is 1.60. The molecule has 1 N–H and O–H groups in total. The third-order valence-electron chi connectivity index (χ3n) is 5.29. The molecule has 0 spiro atoms. The molecule has 2 nitrogen and oxygen atoms in total. The van der Waals surface area contributed by atoms with Gasteiger partial charge in [0.15, 0.2) is 0 Å². The summed E-state index contributed by atoms with van der Waals surface area (Å²) in [6, 6.07) is 0. The summed E-state index contributed by atoms with van der Waals surface area (Å²) in [4.78, 5) is 2.75. The molecule has 1 aliphatic heterocycles. The lowest BCUT2D eigenvalue weighted by atomic mass is 9.81. The van der Waals surface area contributed by atoms with Crippen molar-refractivity contribution in [2.45, 2.75) is 58.8 Å². The van der Waals surface area contributed by atoms with Gasteiger partial charge in [-0.2, -0.15) is 0 Å². The summed E-state index contributed by atoms with van der Waals surface area (Å²) in [7, 11) is 0. The molecule has 2 fully saturated rings. The first-order valence-electron chi connectivity index (χ1n) is 8.74. The highest BCUT2D eigenvalue weighted by Crippen LogP contribution is 2.31. The molecule has 1 atom stereocenters. The van der Waals surface area contributed by atoms with Crippen LogP contribution in [0.4, 0.5) is 0 Å². The number of hydrogen-bond acceptors (Lipinski definition) is 2. The fraction of sp³-hybridized carbons (Fsp3) is 1.00. The molecular formula is C17H34N2. The first-order chi connectivity index (χ1) is 9.31. The maximum absolute atomic E-state index is 3.59. The van der Waals surface area contributed by atoms with Gasteiger partial charge in [-0.05, 0) is 63.1 Å². The van der Waals surface area contributed by atoms with Crippen LogP contribution in [0, 0.1) is 17.8 Å². The van der Waals surface area contributed by atoms with Crippen molar-refractivity contribution < 1.29 is 0 Å². The van der Waals surface area contributed by atoms with E-state index in [1.807, 2.05) is 0 Å². The van der Waals surface area contributed by atoms with E-state index >= 15 is 0 Å². The average Bonchev–Trinajstić information content (AvgIpc) is 2.88. The molecule has 0 bridgehead atoms. The zero-order chi connectivity index (χ0) is 13.5. The third-order valence-corrected chi connectivity index (χ3v) is 5.29. The van der Waals surface area contributed by atoms with Gasteiger partial charge in [0, 0.05) is 13.1 Å². The highest BCUT2D eigenvalue weighted by atomic mass is 15.2. The van der Waals surface area contributed by atoms with Crippen molar-refractivity contribution in [2.24, 2.45) is 17.8 Å². The van der Waals surface area contributed by atoms with Crippen molar-refractivity contribution in [3.05, 3.63) is 0 Å². The minimum absolute atomic E-state index is 0.915. The minimum Gasteiger partial charge on any atom is -0.316 e. The molecule has 1 heterocycles. The summed E-state index contributed by atoms with van der Waals surface area (Å²) in [5.41, 5.74) is 0. The Hall–Kier alpha value is -0.0800. The number of rotatable bonds is 7. The van der Waals surface area contributed by atoms with E-state index in [9.17, 15) is 0 Å². The van der Waals surface area contributed by atoms with Crippen LogP contribution >= 0.6 is 0 Å². The predicted octanol–water partition coefficient (Wildman–Crippen LogP) is 3.52. The number of nitrogens with zero attached hydrogens (tertiary/aromatic N) is 1. The van der Waals surface area contributed by atoms with E-state index in [4.69, 9.17) is 0 Å². The quantitative estimate of drug-likeness (QED) is 0.709. The molecule has 1 saturated carbocycles. The third kappa shape index (κ3) is 5.07. The second kappa shape index (κ2) is 8.26. The summed E-state index contributed by atoms with van der Waals surface area (Å²) in [6.07, 6.45) is 10.1. The van der Waals surface area contributed by atoms with E-state index in [1.54, 1.807) is 0 Å².